The van der Waals surface area contributed by atoms with E-state index in [4.69, 9.17) is 4.74 Å². The molecule has 4 rings (SSSR count). The van der Waals surface area contributed by atoms with Crippen molar-refractivity contribution in [2.45, 2.75) is 31.7 Å². The summed E-state index contributed by atoms with van der Waals surface area (Å²) in [6.07, 6.45) is 4.65. The fraction of sp³-hybridized carbons (Fsp3) is 0.391. The van der Waals surface area contributed by atoms with Crippen LogP contribution in [0.25, 0.3) is 0 Å². The van der Waals surface area contributed by atoms with E-state index in [2.05, 4.69) is 17.0 Å². The van der Waals surface area contributed by atoms with Crippen molar-refractivity contribution in [2.24, 2.45) is 0 Å². The van der Waals surface area contributed by atoms with Crippen molar-refractivity contribution in [1.29, 1.82) is 0 Å². The van der Waals surface area contributed by atoms with E-state index < -0.39 is 0 Å². The maximum atomic E-state index is 12.6. The maximum Gasteiger partial charge on any atom is 0.261 e. The van der Waals surface area contributed by atoms with E-state index in [-0.39, 0.29) is 11.8 Å². The Morgan fingerprint density at radius 1 is 0.893 bits per heavy atom. The van der Waals surface area contributed by atoms with Gasteiger partial charge in [0, 0.05) is 19.1 Å². The lowest BCUT2D eigenvalue weighted by Gasteiger charge is -2.31. The molecule has 28 heavy (non-hydrogen) atoms. The van der Waals surface area contributed by atoms with Gasteiger partial charge in [0.25, 0.3) is 11.8 Å². The summed E-state index contributed by atoms with van der Waals surface area (Å²) in [6, 6.07) is 15.7. The second-order valence-electron chi connectivity index (χ2n) is 7.48. The van der Waals surface area contributed by atoms with Gasteiger partial charge in [-0.05, 0) is 49.2 Å². The Balaban J connectivity index is 1.49. The van der Waals surface area contributed by atoms with Crippen molar-refractivity contribution in [3.05, 3.63) is 65.2 Å². The molecule has 0 N–H and O–H groups in total. The minimum Gasteiger partial charge on any atom is -0.497 e. The molecular weight excluding hydrogens is 352 g/mol. The zero-order valence-electron chi connectivity index (χ0n) is 16.3. The molecule has 0 bridgehead atoms. The SMILES string of the molecule is COc1ccc([C@H]2CCCCCN2CCN2C(=O)c3ccccc3C2=O)cc1. The molecule has 5 nitrogen and oxygen atoms in total. The zero-order valence-corrected chi connectivity index (χ0v) is 16.3. The fourth-order valence-corrected chi connectivity index (χ4v) is 4.31. The Hall–Kier alpha value is -2.66. The first-order valence-electron chi connectivity index (χ1n) is 10.0. The monoisotopic (exact) mass is 378 g/mol. The summed E-state index contributed by atoms with van der Waals surface area (Å²) >= 11 is 0. The lowest BCUT2D eigenvalue weighted by molar-refractivity contribution is 0.0624. The van der Waals surface area contributed by atoms with Crippen LogP contribution in [0, 0.1) is 0 Å². The molecule has 146 valence electrons. The van der Waals surface area contributed by atoms with E-state index in [1.807, 2.05) is 24.3 Å². The van der Waals surface area contributed by atoms with E-state index in [1.54, 1.807) is 19.2 Å². The number of amides is 2. The third-order valence-corrected chi connectivity index (χ3v) is 5.85. The van der Waals surface area contributed by atoms with E-state index in [1.165, 1.54) is 23.3 Å². The molecule has 2 aliphatic heterocycles. The molecule has 1 fully saturated rings. The van der Waals surface area contributed by atoms with Crippen molar-refractivity contribution in [3.63, 3.8) is 0 Å². The highest BCUT2D eigenvalue weighted by molar-refractivity contribution is 6.21. The molecule has 2 amide bonds. The van der Waals surface area contributed by atoms with Crippen LogP contribution in [0.15, 0.2) is 48.5 Å². The molecule has 1 saturated heterocycles. The van der Waals surface area contributed by atoms with Crippen LogP contribution in [0.3, 0.4) is 0 Å². The maximum absolute atomic E-state index is 12.6. The Labute approximate surface area is 165 Å². The van der Waals surface area contributed by atoms with Crippen molar-refractivity contribution in [1.82, 2.24) is 9.80 Å². The third kappa shape index (κ3) is 3.54. The number of ether oxygens (including phenoxy) is 1. The van der Waals surface area contributed by atoms with Gasteiger partial charge in [-0.15, -0.1) is 0 Å². The number of fused-ring (bicyclic) bond motifs is 1. The molecule has 2 heterocycles. The van der Waals surface area contributed by atoms with Crippen molar-refractivity contribution >= 4 is 11.8 Å². The quantitative estimate of drug-likeness (QED) is 0.740. The van der Waals surface area contributed by atoms with Gasteiger partial charge in [-0.1, -0.05) is 37.1 Å². The van der Waals surface area contributed by atoms with Crippen LogP contribution in [0.1, 0.15) is 58.0 Å². The average molecular weight is 378 g/mol. The predicted molar refractivity (Wildman–Crippen MR) is 108 cm³/mol. The predicted octanol–water partition coefficient (Wildman–Crippen LogP) is 3.91. The van der Waals surface area contributed by atoms with E-state index in [0.717, 1.165) is 25.1 Å². The lowest BCUT2D eigenvalue weighted by atomic mass is 10.0. The summed E-state index contributed by atoms with van der Waals surface area (Å²) in [5.74, 6) is 0.516. The molecule has 2 aliphatic rings. The first kappa shape index (κ1) is 18.7. The number of benzene rings is 2. The smallest absolute Gasteiger partial charge is 0.261 e. The highest BCUT2D eigenvalue weighted by Crippen LogP contribution is 2.31. The molecular formula is C23H26N2O3. The summed E-state index contributed by atoms with van der Waals surface area (Å²) in [5.41, 5.74) is 2.32. The van der Waals surface area contributed by atoms with E-state index in [9.17, 15) is 9.59 Å². The second kappa shape index (κ2) is 8.15. The van der Waals surface area contributed by atoms with E-state index in [0.29, 0.717) is 30.3 Å². The topological polar surface area (TPSA) is 49.9 Å². The van der Waals surface area contributed by atoms with Crippen LogP contribution in [0.2, 0.25) is 0 Å². The summed E-state index contributed by atoms with van der Waals surface area (Å²) in [6.45, 7) is 2.11. The van der Waals surface area contributed by atoms with Gasteiger partial charge in [0.1, 0.15) is 5.75 Å². The molecule has 0 radical (unpaired) electrons. The Morgan fingerprint density at radius 2 is 1.57 bits per heavy atom. The summed E-state index contributed by atoms with van der Waals surface area (Å²) < 4.78 is 5.28. The minimum atomic E-state index is -0.170. The minimum absolute atomic E-state index is 0.170. The molecule has 2 aromatic rings. The molecule has 0 aromatic heterocycles. The van der Waals surface area contributed by atoms with Crippen molar-refractivity contribution in [3.8, 4) is 5.75 Å². The lowest BCUT2D eigenvalue weighted by Crippen LogP contribution is -2.39. The van der Waals surface area contributed by atoms with Gasteiger partial charge in [-0.25, -0.2) is 0 Å². The number of carbonyl (C=O) groups excluding carboxylic acids is 2. The van der Waals surface area contributed by atoms with Gasteiger partial charge in [0.2, 0.25) is 0 Å². The van der Waals surface area contributed by atoms with Gasteiger partial charge >= 0.3 is 0 Å². The Kier molecular flexibility index (Phi) is 5.44. The van der Waals surface area contributed by atoms with Crippen LogP contribution >= 0.6 is 0 Å². The molecule has 2 aromatic carbocycles. The number of hydrogen-bond donors (Lipinski definition) is 0. The first-order chi connectivity index (χ1) is 13.7. The van der Waals surface area contributed by atoms with Crippen LogP contribution in [-0.4, -0.2) is 48.4 Å². The number of carbonyl (C=O) groups is 2. The summed E-state index contributed by atoms with van der Waals surface area (Å²) in [7, 11) is 1.68. The molecule has 5 heteroatoms. The first-order valence-corrected chi connectivity index (χ1v) is 10.0. The van der Waals surface area contributed by atoms with Crippen molar-refractivity contribution < 1.29 is 14.3 Å². The van der Waals surface area contributed by atoms with Crippen LogP contribution < -0.4 is 4.74 Å². The highest BCUT2D eigenvalue weighted by Gasteiger charge is 2.35. The van der Waals surface area contributed by atoms with Gasteiger partial charge in [0.05, 0.1) is 18.2 Å². The third-order valence-electron chi connectivity index (χ3n) is 5.85. The number of rotatable bonds is 5. The Morgan fingerprint density at radius 3 is 2.21 bits per heavy atom. The molecule has 0 aliphatic carbocycles. The normalized spacial score (nSPS) is 20.2. The standard InChI is InChI=1S/C23H26N2O3/c1-28-18-12-10-17(11-13-18)21-9-3-2-6-14-24(21)15-16-25-22(26)19-7-4-5-8-20(19)23(25)27/h4-5,7-8,10-13,21H,2-3,6,9,14-16H2,1H3/t21-/m1/s1. The van der Waals surface area contributed by atoms with E-state index >= 15 is 0 Å². The summed E-state index contributed by atoms with van der Waals surface area (Å²) in [5, 5.41) is 0. The molecule has 0 unspecified atom stereocenters. The van der Waals surface area contributed by atoms with Gasteiger partial charge in [0.15, 0.2) is 0 Å². The van der Waals surface area contributed by atoms with Gasteiger partial charge < -0.3 is 4.74 Å². The number of nitrogens with zero attached hydrogens (tertiary/aromatic N) is 2. The van der Waals surface area contributed by atoms with Crippen molar-refractivity contribution in [2.75, 3.05) is 26.7 Å². The largest absolute Gasteiger partial charge is 0.497 e. The van der Waals surface area contributed by atoms with Gasteiger partial charge in [-0.2, -0.15) is 0 Å². The Bertz CT molecular complexity index is 827. The number of likely N-dealkylation sites (tertiary alicyclic amines) is 1. The fourth-order valence-electron chi connectivity index (χ4n) is 4.31. The number of methoxy groups -OCH3 is 1. The molecule has 1 atom stereocenters. The van der Waals surface area contributed by atoms with Crippen LogP contribution in [0.4, 0.5) is 0 Å². The second-order valence-corrected chi connectivity index (χ2v) is 7.48. The number of imide groups is 1. The highest BCUT2D eigenvalue weighted by atomic mass is 16.5. The molecule has 0 saturated carbocycles. The van der Waals surface area contributed by atoms with Gasteiger partial charge in [-0.3, -0.25) is 19.4 Å². The zero-order chi connectivity index (χ0) is 19.5. The molecule has 0 spiro atoms. The van der Waals surface area contributed by atoms with Crippen LogP contribution in [-0.2, 0) is 0 Å². The number of hydrogen-bond acceptors (Lipinski definition) is 4. The average Bonchev–Trinajstić information content (AvgIpc) is 2.89. The van der Waals surface area contributed by atoms with Crippen LogP contribution in [0.5, 0.6) is 5.75 Å². The summed E-state index contributed by atoms with van der Waals surface area (Å²) in [4.78, 5) is 29.1.